The van der Waals surface area contributed by atoms with Crippen LogP contribution in [0.2, 0.25) is 0 Å². The molecule has 21 heavy (non-hydrogen) atoms. The minimum Gasteiger partial charge on any atom is -0.263 e. The second-order valence-electron chi connectivity index (χ2n) is 7.25. The SMILES string of the molecule is CC1=[C-]C(C)(C)C(C)=C1C.CC1=[C-]C(C)(C)C(C)=C1C.[Mn+2]. The molecule has 0 aliphatic heterocycles. The van der Waals surface area contributed by atoms with Crippen LogP contribution in [0.1, 0.15) is 69.2 Å². The van der Waals surface area contributed by atoms with Gasteiger partial charge in [0, 0.05) is 0 Å². The Bertz CT molecular complexity index is 484. The van der Waals surface area contributed by atoms with Crippen molar-refractivity contribution in [3.05, 3.63) is 45.6 Å². The van der Waals surface area contributed by atoms with Crippen LogP contribution in [-0.4, -0.2) is 0 Å². The van der Waals surface area contributed by atoms with Gasteiger partial charge in [-0.2, -0.15) is 22.3 Å². The number of hydrogen-bond acceptors (Lipinski definition) is 0. The van der Waals surface area contributed by atoms with Crippen molar-refractivity contribution in [2.24, 2.45) is 10.8 Å². The molecule has 0 fully saturated rings. The Morgan fingerprint density at radius 2 is 0.810 bits per heavy atom. The van der Waals surface area contributed by atoms with Crippen molar-refractivity contribution in [2.75, 3.05) is 0 Å². The van der Waals surface area contributed by atoms with Crippen LogP contribution in [0.15, 0.2) is 33.4 Å². The minimum atomic E-state index is 0. The maximum atomic E-state index is 3.44. The topological polar surface area (TPSA) is 0 Å². The van der Waals surface area contributed by atoms with Crippen molar-refractivity contribution >= 4 is 0 Å². The summed E-state index contributed by atoms with van der Waals surface area (Å²) in [6, 6.07) is 0. The molecule has 2 aliphatic rings. The van der Waals surface area contributed by atoms with Crippen molar-refractivity contribution in [3.8, 4) is 0 Å². The van der Waals surface area contributed by atoms with E-state index in [0.717, 1.165) is 0 Å². The van der Waals surface area contributed by atoms with Crippen LogP contribution in [0, 0.1) is 23.0 Å². The molecule has 0 bridgehead atoms. The standard InChI is InChI=1S/2C10H15.Mn/c2*1-7-6-10(4,5)9(3)8(7)2;/h2*1-5H3;/q2*-1;+2. The Hall–Kier alpha value is -0.521. The average molecular weight is 325 g/mol. The Morgan fingerprint density at radius 3 is 0.857 bits per heavy atom. The predicted molar refractivity (Wildman–Crippen MR) is 89.2 cm³/mol. The molecule has 2 rings (SSSR count). The van der Waals surface area contributed by atoms with Gasteiger partial charge in [0.15, 0.2) is 0 Å². The fourth-order valence-electron chi connectivity index (χ4n) is 2.81. The Kier molecular flexibility index (Phi) is 6.55. The normalized spacial score (nSPS) is 22.4. The van der Waals surface area contributed by atoms with E-state index in [2.05, 4.69) is 81.4 Å². The van der Waals surface area contributed by atoms with Crippen molar-refractivity contribution in [3.63, 3.8) is 0 Å². The van der Waals surface area contributed by atoms with E-state index in [0.29, 0.717) is 0 Å². The minimum absolute atomic E-state index is 0. The van der Waals surface area contributed by atoms with Crippen LogP contribution >= 0.6 is 0 Å². The van der Waals surface area contributed by atoms with Gasteiger partial charge in [-0.15, -0.1) is 13.8 Å². The molecule has 1 radical (unpaired) electrons. The third-order valence-corrected chi connectivity index (χ3v) is 5.12. The predicted octanol–water partition coefficient (Wildman–Crippen LogP) is 6.22. The van der Waals surface area contributed by atoms with Crippen molar-refractivity contribution in [1.82, 2.24) is 0 Å². The zero-order chi connectivity index (χ0) is 15.9. The van der Waals surface area contributed by atoms with Crippen molar-refractivity contribution < 1.29 is 17.1 Å². The smallest absolute Gasteiger partial charge is 0.263 e. The first-order chi connectivity index (χ1) is 8.90. The number of hydrogen-bond donors (Lipinski definition) is 0. The second-order valence-corrected chi connectivity index (χ2v) is 7.25. The van der Waals surface area contributed by atoms with Crippen LogP contribution < -0.4 is 0 Å². The van der Waals surface area contributed by atoms with E-state index in [1.807, 2.05) is 0 Å². The monoisotopic (exact) mass is 325 g/mol. The van der Waals surface area contributed by atoms with Gasteiger partial charge in [0.1, 0.15) is 0 Å². The molecule has 0 aromatic carbocycles. The van der Waals surface area contributed by atoms with E-state index in [1.54, 1.807) is 0 Å². The summed E-state index contributed by atoms with van der Waals surface area (Å²) < 4.78 is 0. The molecule has 0 heterocycles. The quantitative estimate of drug-likeness (QED) is 0.366. The zero-order valence-electron chi connectivity index (χ0n) is 15.4. The first-order valence-electron chi connectivity index (χ1n) is 7.50. The largest absolute Gasteiger partial charge is 2.00 e. The summed E-state index contributed by atoms with van der Waals surface area (Å²) >= 11 is 0. The van der Waals surface area contributed by atoms with E-state index in [-0.39, 0.29) is 27.9 Å². The number of allylic oxidation sites excluding steroid dienone is 8. The maximum Gasteiger partial charge on any atom is 2.00 e. The van der Waals surface area contributed by atoms with Gasteiger partial charge in [-0.25, -0.2) is 11.1 Å². The molecule has 0 aromatic heterocycles. The summed E-state index contributed by atoms with van der Waals surface area (Å²) in [7, 11) is 0. The summed E-state index contributed by atoms with van der Waals surface area (Å²) in [6.45, 7) is 21.8. The molecule has 117 valence electrons. The molecule has 0 saturated carbocycles. The molecular formula is C20H30Mn. The molecule has 0 aromatic rings. The van der Waals surface area contributed by atoms with E-state index in [9.17, 15) is 0 Å². The molecule has 0 nitrogen and oxygen atoms in total. The van der Waals surface area contributed by atoms with Gasteiger partial charge in [0.2, 0.25) is 0 Å². The van der Waals surface area contributed by atoms with Crippen LogP contribution in [-0.2, 0) is 17.1 Å². The van der Waals surface area contributed by atoms with Gasteiger partial charge in [0.25, 0.3) is 0 Å². The fraction of sp³-hybridized carbons (Fsp3) is 0.600. The van der Waals surface area contributed by atoms with Gasteiger partial charge in [-0.05, 0) is 0 Å². The van der Waals surface area contributed by atoms with Crippen molar-refractivity contribution in [1.29, 1.82) is 0 Å². The third kappa shape index (κ3) is 4.24. The van der Waals surface area contributed by atoms with Gasteiger partial charge < -0.3 is 0 Å². The molecule has 2 aliphatic carbocycles. The van der Waals surface area contributed by atoms with Crippen molar-refractivity contribution in [2.45, 2.75) is 69.2 Å². The molecule has 0 spiro atoms. The fourth-order valence-corrected chi connectivity index (χ4v) is 2.81. The maximum absolute atomic E-state index is 3.44. The van der Waals surface area contributed by atoms with Gasteiger partial charge in [0.05, 0.1) is 0 Å². The van der Waals surface area contributed by atoms with E-state index < -0.39 is 0 Å². The Balaban J connectivity index is 0.000000364. The van der Waals surface area contributed by atoms with E-state index in [1.165, 1.54) is 33.4 Å². The summed E-state index contributed by atoms with van der Waals surface area (Å²) in [6.07, 6.45) is 6.87. The van der Waals surface area contributed by atoms with Crippen LogP contribution in [0.5, 0.6) is 0 Å². The van der Waals surface area contributed by atoms with Gasteiger partial charge in [-0.3, -0.25) is 12.2 Å². The van der Waals surface area contributed by atoms with Gasteiger partial charge in [-0.1, -0.05) is 66.2 Å². The van der Waals surface area contributed by atoms with E-state index in [4.69, 9.17) is 0 Å². The molecule has 0 saturated heterocycles. The molecule has 0 unspecified atom stereocenters. The second kappa shape index (κ2) is 6.71. The van der Waals surface area contributed by atoms with Crippen LogP contribution in [0.3, 0.4) is 0 Å². The molecule has 0 N–H and O–H groups in total. The Morgan fingerprint density at radius 1 is 0.571 bits per heavy atom. The third-order valence-electron chi connectivity index (χ3n) is 5.12. The van der Waals surface area contributed by atoms with Crippen LogP contribution in [0.25, 0.3) is 0 Å². The molecular weight excluding hydrogens is 295 g/mol. The van der Waals surface area contributed by atoms with E-state index >= 15 is 0 Å². The summed E-state index contributed by atoms with van der Waals surface area (Å²) in [5.41, 5.74) is 8.79. The molecule has 0 atom stereocenters. The van der Waals surface area contributed by atoms with Crippen LogP contribution in [0.4, 0.5) is 0 Å². The first-order valence-corrected chi connectivity index (χ1v) is 7.50. The first kappa shape index (κ1) is 20.5. The average Bonchev–Trinajstić information content (AvgIpc) is 2.60. The summed E-state index contributed by atoms with van der Waals surface area (Å²) in [5.74, 6) is 0. The Labute approximate surface area is 143 Å². The zero-order valence-corrected chi connectivity index (χ0v) is 16.6. The molecule has 0 amide bonds. The van der Waals surface area contributed by atoms with Gasteiger partial charge >= 0.3 is 17.1 Å². The summed E-state index contributed by atoms with van der Waals surface area (Å²) in [4.78, 5) is 0. The molecule has 1 heteroatoms. The summed E-state index contributed by atoms with van der Waals surface area (Å²) in [5, 5.41) is 0. The number of rotatable bonds is 0.